The molecule has 0 radical (unpaired) electrons. The lowest BCUT2D eigenvalue weighted by Gasteiger charge is -1.93. The van der Waals surface area contributed by atoms with Crippen LogP contribution in [0.5, 0.6) is 0 Å². The van der Waals surface area contributed by atoms with Crippen LogP contribution >= 0.6 is 0 Å². The van der Waals surface area contributed by atoms with Crippen molar-refractivity contribution in [2.45, 2.75) is 33.1 Å². The molecular formula is C8H19NO. The van der Waals surface area contributed by atoms with Crippen molar-refractivity contribution >= 4 is 6.41 Å². The van der Waals surface area contributed by atoms with Crippen LogP contribution in [0.2, 0.25) is 0 Å². The van der Waals surface area contributed by atoms with Crippen molar-refractivity contribution in [2.24, 2.45) is 0 Å². The highest BCUT2D eigenvalue weighted by molar-refractivity contribution is 5.45. The van der Waals surface area contributed by atoms with E-state index in [0.29, 0.717) is 0 Å². The van der Waals surface area contributed by atoms with Gasteiger partial charge in [-0.05, 0) is 0 Å². The lowest BCUT2D eigenvalue weighted by Crippen LogP contribution is -2.06. The van der Waals surface area contributed by atoms with Crippen molar-refractivity contribution in [1.82, 2.24) is 4.90 Å². The molecule has 0 unspecified atom stereocenters. The molecule has 0 aliphatic rings. The Kier molecular flexibility index (Phi) is 13.7. The van der Waals surface area contributed by atoms with Gasteiger partial charge >= 0.3 is 0 Å². The minimum absolute atomic E-state index is 0.750. The quantitative estimate of drug-likeness (QED) is 0.555. The molecule has 0 aromatic carbocycles. The third kappa shape index (κ3) is 26.0. The van der Waals surface area contributed by atoms with Gasteiger partial charge in [-0.2, -0.15) is 0 Å². The Balaban J connectivity index is 0. The smallest absolute Gasteiger partial charge is 0.209 e. The maximum absolute atomic E-state index is 9.43. The summed E-state index contributed by atoms with van der Waals surface area (Å²) in [6.07, 6.45) is 4.83. The summed E-state index contributed by atoms with van der Waals surface area (Å²) < 4.78 is 0. The van der Waals surface area contributed by atoms with E-state index in [1.807, 2.05) is 0 Å². The normalized spacial score (nSPS) is 7.60. The van der Waals surface area contributed by atoms with Gasteiger partial charge in [-0.15, -0.1) is 0 Å². The summed E-state index contributed by atoms with van der Waals surface area (Å²) in [4.78, 5) is 10.9. The third-order valence-electron chi connectivity index (χ3n) is 0.918. The highest BCUT2D eigenvalue weighted by Crippen LogP contribution is 1.88. The lowest BCUT2D eigenvalue weighted by molar-refractivity contribution is -0.115. The van der Waals surface area contributed by atoms with Gasteiger partial charge in [-0.1, -0.05) is 33.1 Å². The van der Waals surface area contributed by atoms with Crippen molar-refractivity contribution in [3.8, 4) is 0 Å². The molecular weight excluding hydrogens is 126 g/mol. The predicted molar refractivity (Wildman–Crippen MR) is 45.0 cm³/mol. The van der Waals surface area contributed by atoms with Gasteiger partial charge in [0.05, 0.1) is 0 Å². The molecule has 0 aromatic rings. The Morgan fingerprint density at radius 2 is 1.50 bits per heavy atom. The zero-order valence-electron chi connectivity index (χ0n) is 7.55. The standard InChI is InChI=1S/C5H12.C3H7NO/c1-3-5-4-2;1-4(2)3-5/h3-5H2,1-2H3;3H,1-2H3. The molecule has 0 heterocycles. The Hall–Kier alpha value is -0.530. The second-order valence-corrected chi connectivity index (χ2v) is 2.42. The summed E-state index contributed by atoms with van der Waals surface area (Å²) in [5.74, 6) is 0. The average molecular weight is 145 g/mol. The monoisotopic (exact) mass is 145 g/mol. The highest BCUT2D eigenvalue weighted by atomic mass is 16.1. The van der Waals surface area contributed by atoms with Gasteiger partial charge in [0, 0.05) is 14.1 Å². The Labute approximate surface area is 64.2 Å². The van der Waals surface area contributed by atoms with Crippen LogP contribution in [-0.2, 0) is 4.79 Å². The first kappa shape index (κ1) is 12.2. The summed E-state index contributed by atoms with van der Waals surface area (Å²) in [5.41, 5.74) is 0. The zero-order chi connectivity index (χ0) is 8.41. The molecule has 62 valence electrons. The van der Waals surface area contributed by atoms with Crippen LogP contribution < -0.4 is 0 Å². The van der Waals surface area contributed by atoms with Crippen LogP contribution in [0.1, 0.15) is 33.1 Å². The molecule has 0 saturated heterocycles. The largest absolute Gasteiger partial charge is 0.351 e. The van der Waals surface area contributed by atoms with Gasteiger partial charge in [0.15, 0.2) is 0 Å². The van der Waals surface area contributed by atoms with E-state index in [1.165, 1.54) is 24.2 Å². The van der Waals surface area contributed by atoms with Gasteiger partial charge in [-0.25, -0.2) is 0 Å². The molecule has 2 heteroatoms. The molecule has 0 spiro atoms. The molecule has 0 aliphatic heterocycles. The van der Waals surface area contributed by atoms with Crippen LogP contribution in [-0.4, -0.2) is 25.4 Å². The van der Waals surface area contributed by atoms with E-state index in [4.69, 9.17) is 0 Å². The van der Waals surface area contributed by atoms with Gasteiger partial charge in [0.2, 0.25) is 6.41 Å². The average Bonchev–Trinajstić information content (AvgIpc) is 1.91. The summed E-state index contributed by atoms with van der Waals surface area (Å²) in [6.45, 7) is 4.42. The van der Waals surface area contributed by atoms with E-state index in [0.717, 1.165) is 6.41 Å². The van der Waals surface area contributed by atoms with Gasteiger partial charge in [0.25, 0.3) is 0 Å². The molecule has 0 N–H and O–H groups in total. The van der Waals surface area contributed by atoms with Crippen LogP contribution in [0.25, 0.3) is 0 Å². The van der Waals surface area contributed by atoms with Gasteiger partial charge in [0.1, 0.15) is 0 Å². The van der Waals surface area contributed by atoms with Crippen LogP contribution in [0.15, 0.2) is 0 Å². The number of hydrogen-bond donors (Lipinski definition) is 0. The minimum atomic E-state index is 0.750. The third-order valence-corrected chi connectivity index (χ3v) is 0.918. The maximum Gasteiger partial charge on any atom is 0.209 e. The van der Waals surface area contributed by atoms with Crippen LogP contribution in [0.3, 0.4) is 0 Å². The molecule has 10 heavy (non-hydrogen) atoms. The zero-order valence-corrected chi connectivity index (χ0v) is 7.55. The minimum Gasteiger partial charge on any atom is -0.351 e. The summed E-state index contributed by atoms with van der Waals surface area (Å²) in [6, 6.07) is 0. The molecule has 0 rings (SSSR count). The van der Waals surface area contributed by atoms with E-state index >= 15 is 0 Å². The predicted octanol–water partition coefficient (Wildman–Crippen LogP) is 1.90. The second-order valence-electron chi connectivity index (χ2n) is 2.42. The second kappa shape index (κ2) is 11.3. The molecule has 0 atom stereocenters. The van der Waals surface area contributed by atoms with E-state index in [-0.39, 0.29) is 0 Å². The number of carbonyl (C=O) groups excluding carboxylic acids is 1. The number of unbranched alkanes of at least 4 members (excludes halogenated alkanes) is 2. The number of nitrogens with zero attached hydrogens (tertiary/aromatic N) is 1. The van der Waals surface area contributed by atoms with Crippen LogP contribution in [0, 0.1) is 0 Å². The van der Waals surface area contributed by atoms with E-state index < -0.39 is 0 Å². The fraction of sp³-hybridized carbons (Fsp3) is 0.875. The number of rotatable bonds is 3. The summed E-state index contributed by atoms with van der Waals surface area (Å²) >= 11 is 0. The lowest BCUT2D eigenvalue weighted by atomic mass is 10.3. The topological polar surface area (TPSA) is 20.3 Å². The first-order valence-corrected chi connectivity index (χ1v) is 3.80. The molecule has 1 amide bonds. The van der Waals surface area contributed by atoms with Gasteiger partial charge < -0.3 is 4.90 Å². The number of amides is 1. The maximum atomic E-state index is 9.43. The van der Waals surface area contributed by atoms with Crippen molar-refractivity contribution in [2.75, 3.05) is 14.1 Å². The van der Waals surface area contributed by atoms with Gasteiger partial charge in [-0.3, -0.25) is 4.79 Å². The van der Waals surface area contributed by atoms with Crippen molar-refractivity contribution < 1.29 is 4.79 Å². The summed E-state index contributed by atoms with van der Waals surface area (Å²) in [7, 11) is 3.38. The molecule has 2 nitrogen and oxygen atoms in total. The summed E-state index contributed by atoms with van der Waals surface area (Å²) in [5, 5.41) is 0. The fourth-order valence-electron chi connectivity index (χ4n) is 0.354. The molecule has 0 bridgehead atoms. The number of carbonyl (C=O) groups is 1. The molecule has 0 saturated carbocycles. The fourth-order valence-corrected chi connectivity index (χ4v) is 0.354. The van der Waals surface area contributed by atoms with Crippen molar-refractivity contribution in [1.29, 1.82) is 0 Å². The first-order chi connectivity index (χ1) is 4.68. The Bertz CT molecular complexity index is 60.3. The SMILES string of the molecule is CCCCC.CN(C)C=O. The van der Waals surface area contributed by atoms with E-state index in [2.05, 4.69) is 13.8 Å². The van der Waals surface area contributed by atoms with E-state index in [1.54, 1.807) is 14.1 Å². The van der Waals surface area contributed by atoms with Crippen molar-refractivity contribution in [3.05, 3.63) is 0 Å². The highest BCUT2D eigenvalue weighted by Gasteiger charge is 1.68. The Morgan fingerprint density at radius 3 is 1.50 bits per heavy atom. The Morgan fingerprint density at radius 1 is 1.20 bits per heavy atom. The molecule has 0 fully saturated rings. The molecule has 0 aromatic heterocycles. The number of hydrogen-bond acceptors (Lipinski definition) is 1. The van der Waals surface area contributed by atoms with Crippen molar-refractivity contribution in [3.63, 3.8) is 0 Å². The van der Waals surface area contributed by atoms with Crippen LogP contribution in [0.4, 0.5) is 0 Å². The van der Waals surface area contributed by atoms with E-state index in [9.17, 15) is 4.79 Å². The first-order valence-electron chi connectivity index (χ1n) is 3.80. The molecule has 0 aliphatic carbocycles.